The first-order chi connectivity index (χ1) is 8.49. The molecule has 4 heteroatoms. The molecule has 1 heterocycles. The van der Waals surface area contributed by atoms with E-state index in [9.17, 15) is 14.7 Å². The summed E-state index contributed by atoms with van der Waals surface area (Å²) >= 11 is 0. The van der Waals surface area contributed by atoms with Gasteiger partial charge in [0.15, 0.2) is 0 Å². The van der Waals surface area contributed by atoms with Crippen LogP contribution in [0, 0.1) is 11.8 Å². The van der Waals surface area contributed by atoms with Gasteiger partial charge in [0.2, 0.25) is 0 Å². The van der Waals surface area contributed by atoms with Gasteiger partial charge in [0, 0.05) is 0 Å². The van der Waals surface area contributed by atoms with E-state index in [1.165, 1.54) is 12.1 Å². The molecule has 1 aliphatic rings. The van der Waals surface area contributed by atoms with Gasteiger partial charge in [0.05, 0.1) is 11.8 Å². The van der Waals surface area contributed by atoms with Gasteiger partial charge in [-0.15, -0.1) is 0 Å². The fourth-order valence-electron chi connectivity index (χ4n) is 2.33. The minimum atomic E-state index is -0.541. The van der Waals surface area contributed by atoms with Crippen molar-refractivity contribution in [1.82, 2.24) is 0 Å². The summed E-state index contributed by atoms with van der Waals surface area (Å²) in [5.41, 5.74) is 0.717. The number of carbonyl (C=O) groups excluding carboxylic acids is 2. The van der Waals surface area contributed by atoms with Crippen LogP contribution in [0.15, 0.2) is 24.3 Å². The summed E-state index contributed by atoms with van der Waals surface area (Å²) in [5, 5.41) is 9.25. The van der Waals surface area contributed by atoms with Crippen LogP contribution in [0.3, 0.4) is 0 Å². The first-order valence-corrected chi connectivity index (χ1v) is 6.03. The molecule has 0 aromatic heterocycles. The Morgan fingerprint density at radius 3 is 2.33 bits per heavy atom. The van der Waals surface area contributed by atoms with Crippen molar-refractivity contribution in [3.8, 4) is 5.75 Å². The zero-order valence-electron chi connectivity index (χ0n) is 10.4. The number of rotatable bonds is 3. The lowest BCUT2D eigenvalue weighted by molar-refractivity contribution is -0.153. The van der Waals surface area contributed by atoms with Crippen LogP contribution >= 0.6 is 0 Å². The average Bonchev–Trinajstić information content (AvgIpc) is 2.55. The SMILES string of the molecule is CC(C)CC1C(=O)OC(=O)C1c1ccc(O)cc1. The Hall–Kier alpha value is -1.84. The Morgan fingerprint density at radius 2 is 1.78 bits per heavy atom. The molecule has 2 atom stereocenters. The van der Waals surface area contributed by atoms with Gasteiger partial charge < -0.3 is 9.84 Å². The summed E-state index contributed by atoms with van der Waals surface area (Å²) < 4.78 is 4.73. The second-order valence-corrected chi connectivity index (χ2v) is 5.05. The van der Waals surface area contributed by atoms with E-state index >= 15 is 0 Å². The van der Waals surface area contributed by atoms with Crippen molar-refractivity contribution >= 4 is 11.9 Å². The van der Waals surface area contributed by atoms with Crippen LogP contribution in [0.4, 0.5) is 0 Å². The van der Waals surface area contributed by atoms with Gasteiger partial charge in [-0.05, 0) is 30.0 Å². The summed E-state index contributed by atoms with van der Waals surface area (Å²) in [6.07, 6.45) is 0.621. The maximum atomic E-state index is 11.8. The Labute approximate surface area is 106 Å². The van der Waals surface area contributed by atoms with Crippen LogP contribution < -0.4 is 0 Å². The predicted molar refractivity (Wildman–Crippen MR) is 64.9 cm³/mol. The quantitative estimate of drug-likeness (QED) is 0.658. The summed E-state index contributed by atoms with van der Waals surface area (Å²) in [4.78, 5) is 23.4. The molecule has 1 aromatic rings. The van der Waals surface area contributed by atoms with Crippen LogP contribution in [0.5, 0.6) is 5.75 Å². The van der Waals surface area contributed by atoms with Crippen molar-refractivity contribution in [2.45, 2.75) is 26.2 Å². The van der Waals surface area contributed by atoms with Crippen LogP contribution in [-0.4, -0.2) is 17.0 Å². The van der Waals surface area contributed by atoms with Crippen LogP contribution in [0.1, 0.15) is 31.7 Å². The first kappa shape index (κ1) is 12.6. The molecule has 0 radical (unpaired) electrons. The van der Waals surface area contributed by atoms with E-state index in [0.29, 0.717) is 17.9 Å². The number of phenols is 1. The van der Waals surface area contributed by atoms with E-state index in [4.69, 9.17) is 4.74 Å². The molecule has 0 aliphatic carbocycles. The normalized spacial score (nSPS) is 23.5. The lowest BCUT2D eigenvalue weighted by Gasteiger charge is -2.15. The van der Waals surface area contributed by atoms with Gasteiger partial charge in [-0.25, -0.2) is 0 Å². The molecule has 1 saturated heterocycles. The monoisotopic (exact) mass is 248 g/mol. The molecule has 1 aromatic carbocycles. The number of hydrogen-bond acceptors (Lipinski definition) is 4. The second kappa shape index (κ2) is 4.80. The highest BCUT2D eigenvalue weighted by molar-refractivity contribution is 5.99. The van der Waals surface area contributed by atoms with Crippen molar-refractivity contribution < 1.29 is 19.4 Å². The van der Waals surface area contributed by atoms with E-state index in [1.807, 2.05) is 13.8 Å². The number of carbonyl (C=O) groups is 2. The van der Waals surface area contributed by atoms with Gasteiger partial charge in [-0.3, -0.25) is 9.59 Å². The van der Waals surface area contributed by atoms with Crippen molar-refractivity contribution in [1.29, 1.82) is 0 Å². The molecule has 0 amide bonds. The summed E-state index contributed by atoms with van der Waals surface area (Å²) in [7, 11) is 0. The Morgan fingerprint density at radius 1 is 1.17 bits per heavy atom. The Balaban J connectivity index is 2.30. The molecule has 0 spiro atoms. The van der Waals surface area contributed by atoms with Gasteiger partial charge >= 0.3 is 11.9 Å². The van der Waals surface area contributed by atoms with Gasteiger partial charge in [-0.2, -0.15) is 0 Å². The van der Waals surface area contributed by atoms with Crippen LogP contribution in [-0.2, 0) is 14.3 Å². The van der Waals surface area contributed by atoms with Crippen LogP contribution in [0.25, 0.3) is 0 Å². The molecular weight excluding hydrogens is 232 g/mol. The third-order valence-electron chi connectivity index (χ3n) is 3.14. The molecule has 4 nitrogen and oxygen atoms in total. The fourth-order valence-corrected chi connectivity index (χ4v) is 2.33. The molecule has 18 heavy (non-hydrogen) atoms. The lowest BCUT2D eigenvalue weighted by atomic mass is 9.83. The van der Waals surface area contributed by atoms with Crippen molar-refractivity contribution in [3.05, 3.63) is 29.8 Å². The third-order valence-corrected chi connectivity index (χ3v) is 3.14. The predicted octanol–water partition coefficient (Wildman–Crippen LogP) is 2.22. The largest absolute Gasteiger partial charge is 0.508 e. The van der Waals surface area contributed by atoms with E-state index < -0.39 is 23.8 Å². The smallest absolute Gasteiger partial charge is 0.321 e. The molecular formula is C14H16O4. The topological polar surface area (TPSA) is 63.6 Å². The van der Waals surface area contributed by atoms with Gasteiger partial charge in [0.1, 0.15) is 5.75 Å². The summed E-state index contributed by atoms with van der Waals surface area (Å²) in [5.74, 6) is -1.43. The molecule has 2 rings (SSSR count). The third kappa shape index (κ3) is 2.37. The van der Waals surface area contributed by atoms with Crippen molar-refractivity contribution in [2.75, 3.05) is 0 Å². The number of benzene rings is 1. The second-order valence-electron chi connectivity index (χ2n) is 5.05. The van der Waals surface area contributed by atoms with E-state index in [-0.39, 0.29) is 5.75 Å². The molecule has 0 saturated carbocycles. The highest BCUT2D eigenvalue weighted by Crippen LogP contribution is 2.37. The minimum Gasteiger partial charge on any atom is -0.508 e. The van der Waals surface area contributed by atoms with Crippen molar-refractivity contribution in [3.63, 3.8) is 0 Å². The molecule has 0 bridgehead atoms. The van der Waals surface area contributed by atoms with Crippen molar-refractivity contribution in [2.24, 2.45) is 11.8 Å². The van der Waals surface area contributed by atoms with Gasteiger partial charge in [-0.1, -0.05) is 26.0 Å². The number of esters is 2. The molecule has 1 aliphatic heterocycles. The number of cyclic esters (lactones) is 2. The highest BCUT2D eigenvalue weighted by Gasteiger charge is 2.45. The zero-order valence-corrected chi connectivity index (χ0v) is 10.4. The van der Waals surface area contributed by atoms with E-state index in [1.54, 1.807) is 12.1 Å². The minimum absolute atomic E-state index is 0.136. The Kier molecular flexibility index (Phi) is 3.36. The summed E-state index contributed by atoms with van der Waals surface area (Å²) in [6.45, 7) is 4.01. The molecule has 1 fully saturated rings. The lowest BCUT2D eigenvalue weighted by Crippen LogP contribution is -2.18. The number of ether oxygens (including phenoxy) is 1. The number of hydrogen-bond donors (Lipinski definition) is 1. The maximum Gasteiger partial charge on any atom is 0.321 e. The standard InChI is InChI=1S/C14H16O4/c1-8(2)7-11-12(14(17)18-13(11)16)9-3-5-10(15)6-4-9/h3-6,8,11-12,15H,7H2,1-2H3. The average molecular weight is 248 g/mol. The first-order valence-electron chi connectivity index (χ1n) is 6.03. The number of phenolic OH excluding ortho intramolecular Hbond substituents is 1. The maximum absolute atomic E-state index is 11.8. The highest BCUT2D eigenvalue weighted by atomic mass is 16.6. The molecule has 96 valence electrons. The molecule has 1 N–H and O–H groups in total. The Bertz CT molecular complexity index is 461. The fraction of sp³-hybridized carbons (Fsp3) is 0.429. The summed E-state index contributed by atoms with van der Waals surface area (Å²) in [6, 6.07) is 6.34. The van der Waals surface area contributed by atoms with E-state index in [2.05, 4.69) is 0 Å². The zero-order chi connectivity index (χ0) is 13.3. The molecule has 2 unspecified atom stereocenters. The number of aromatic hydroxyl groups is 1. The van der Waals surface area contributed by atoms with Gasteiger partial charge in [0.25, 0.3) is 0 Å². The van der Waals surface area contributed by atoms with Crippen LogP contribution in [0.2, 0.25) is 0 Å². The van der Waals surface area contributed by atoms with E-state index in [0.717, 1.165) is 0 Å².